The number of aliphatic hydroxyl groups is 1. The van der Waals surface area contributed by atoms with Gasteiger partial charge in [-0.1, -0.05) is 19.1 Å². The number of carbonyl (C=O) groups is 1. The average Bonchev–Trinajstić information content (AvgIpc) is 2.67. The van der Waals surface area contributed by atoms with Gasteiger partial charge in [0.2, 0.25) is 0 Å². The van der Waals surface area contributed by atoms with Crippen molar-refractivity contribution in [2.45, 2.75) is 24.3 Å². The van der Waals surface area contributed by atoms with E-state index >= 15 is 0 Å². The zero-order chi connectivity index (χ0) is 19.4. The summed E-state index contributed by atoms with van der Waals surface area (Å²) in [4.78, 5) is 16.3. The number of hydrogen-bond acceptors (Lipinski definition) is 6. The quantitative estimate of drug-likeness (QED) is 0.763. The Hall–Kier alpha value is -2.29. The van der Waals surface area contributed by atoms with Gasteiger partial charge in [0.25, 0.3) is 5.91 Å². The van der Waals surface area contributed by atoms with Crippen molar-refractivity contribution < 1.29 is 23.1 Å². The fourth-order valence-corrected chi connectivity index (χ4v) is 3.37. The molecule has 26 heavy (non-hydrogen) atoms. The number of methoxy groups -OCH3 is 1. The summed E-state index contributed by atoms with van der Waals surface area (Å²) in [6.45, 7) is 3.06. The van der Waals surface area contributed by atoms with E-state index in [0.29, 0.717) is 5.69 Å². The molecule has 1 unspecified atom stereocenters. The van der Waals surface area contributed by atoms with E-state index in [9.17, 15) is 18.3 Å². The summed E-state index contributed by atoms with van der Waals surface area (Å²) < 4.78 is 29.6. The third-order valence-corrected chi connectivity index (χ3v) is 5.97. The summed E-state index contributed by atoms with van der Waals surface area (Å²) in [7, 11) is -2.06. The van der Waals surface area contributed by atoms with Gasteiger partial charge in [0.15, 0.2) is 9.84 Å². The maximum Gasteiger partial charge on any atom is 0.275 e. The lowest BCUT2D eigenvalue weighted by atomic mass is 9.96. The first-order chi connectivity index (χ1) is 12.3. The smallest absolute Gasteiger partial charge is 0.275 e. The van der Waals surface area contributed by atoms with Gasteiger partial charge in [0.05, 0.1) is 17.3 Å². The van der Waals surface area contributed by atoms with Crippen LogP contribution >= 0.6 is 0 Å². The highest BCUT2D eigenvalue weighted by Crippen LogP contribution is 2.25. The molecule has 1 aromatic heterocycles. The van der Waals surface area contributed by atoms with E-state index in [4.69, 9.17) is 4.74 Å². The van der Waals surface area contributed by atoms with Crippen molar-refractivity contribution in [3.8, 4) is 0 Å². The molecule has 0 radical (unpaired) electrons. The standard InChI is InChI=1S/C18H22N2O5S/c1-4-26(23,24)15-6-5-11-19-16(15)17(22)20-14-9-7-13(8-10-14)18(2,12-21)25-3/h5-11,21H,4,12H2,1-3H3,(H,20,22). The fourth-order valence-electron chi connectivity index (χ4n) is 2.34. The molecule has 0 spiro atoms. The molecule has 0 aliphatic rings. The lowest BCUT2D eigenvalue weighted by molar-refractivity contribution is -0.0422. The fraction of sp³-hybridized carbons (Fsp3) is 0.333. The van der Waals surface area contributed by atoms with Gasteiger partial charge in [-0.05, 0) is 36.8 Å². The maximum absolute atomic E-state index is 12.5. The summed E-state index contributed by atoms with van der Waals surface area (Å²) in [5.74, 6) is -0.730. The van der Waals surface area contributed by atoms with Crippen LogP contribution in [0.2, 0.25) is 0 Å². The zero-order valence-electron chi connectivity index (χ0n) is 14.9. The number of ether oxygens (including phenoxy) is 1. The van der Waals surface area contributed by atoms with Gasteiger partial charge < -0.3 is 15.2 Å². The first-order valence-corrected chi connectivity index (χ1v) is 9.68. The number of carbonyl (C=O) groups excluding carboxylic acids is 1. The highest BCUT2D eigenvalue weighted by Gasteiger charge is 2.25. The van der Waals surface area contributed by atoms with Crippen LogP contribution in [0, 0.1) is 0 Å². The van der Waals surface area contributed by atoms with Crippen LogP contribution in [0.5, 0.6) is 0 Å². The van der Waals surface area contributed by atoms with E-state index in [-0.39, 0.29) is 22.9 Å². The van der Waals surface area contributed by atoms with Crippen LogP contribution in [0.25, 0.3) is 0 Å². The third kappa shape index (κ3) is 4.09. The largest absolute Gasteiger partial charge is 0.393 e. The molecule has 1 aromatic carbocycles. The molecule has 2 aromatic rings. The highest BCUT2D eigenvalue weighted by atomic mass is 32.2. The number of hydrogen-bond donors (Lipinski definition) is 2. The predicted molar refractivity (Wildman–Crippen MR) is 97.8 cm³/mol. The molecule has 0 saturated heterocycles. The molecule has 0 bridgehead atoms. The van der Waals surface area contributed by atoms with Crippen LogP contribution in [0.15, 0.2) is 47.5 Å². The molecule has 1 atom stereocenters. The Balaban J connectivity index is 2.27. The number of nitrogens with zero attached hydrogens (tertiary/aromatic N) is 1. The molecule has 0 saturated carbocycles. The van der Waals surface area contributed by atoms with Gasteiger partial charge in [-0.15, -0.1) is 0 Å². The van der Waals surface area contributed by atoms with Gasteiger partial charge >= 0.3 is 0 Å². The SMILES string of the molecule is CCS(=O)(=O)c1cccnc1C(=O)Nc1ccc(C(C)(CO)OC)cc1. The third-order valence-electron chi connectivity index (χ3n) is 4.21. The maximum atomic E-state index is 12.5. The molecule has 140 valence electrons. The van der Waals surface area contributed by atoms with Gasteiger partial charge in [-0.25, -0.2) is 13.4 Å². The summed E-state index contributed by atoms with van der Waals surface area (Å²) in [5.41, 5.74) is 0.232. The Kier molecular flexibility index (Phi) is 6.12. The van der Waals surface area contributed by atoms with Crippen molar-refractivity contribution in [1.82, 2.24) is 4.98 Å². The summed E-state index contributed by atoms with van der Waals surface area (Å²) >= 11 is 0. The lowest BCUT2D eigenvalue weighted by Gasteiger charge is -2.26. The van der Waals surface area contributed by atoms with Crippen LogP contribution in [-0.4, -0.2) is 43.9 Å². The van der Waals surface area contributed by atoms with Crippen LogP contribution in [0.4, 0.5) is 5.69 Å². The van der Waals surface area contributed by atoms with Crippen LogP contribution in [0.1, 0.15) is 29.9 Å². The number of nitrogens with one attached hydrogen (secondary N) is 1. The summed E-state index contributed by atoms with van der Waals surface area (Å²) in [6, 6.07) is 9.59. The molecule has 7 nitrogen and oxygen atoms in total. The monoisotopic (exact) mass is 378 g/mol. The minimum Gasteiger partial charge on any atom is -0.393 e. The number of aromatic nitrogens is 1. The van der Waals surface area contributed by atoms with E-state index in [2.05, 4.69) is 10.3 Å². The zero-order valence-corrected chi connectivity index (χ0v) is 15.7. The molecular formula is C18H22N2O5S. The van der Waals surface area contributed by atoms with Crippen molar-refractivity contribution in [3.63, 3.8) is 0 Å². The van der Waals surface area contributed by atoms with Crippen molar-refractivity contribution in [1.29, 1.82) is 0 Å². The van der Waals surface area contributed by atoms with Gasteiger partial charge in [-0.3, -0.25) is 4.79 Å². The Morgan fingerprint density at radius 2 is 1.92 bits per heavy atom. The van der Waals surface area contributed by atoms with E-state index in [1.165, 1.54) is 32.4 Å². The van der Waals surface area contributed by atoms with Crippen LogP contribution in [-0.2, 0) is 20.2 Å². The molecule has 2 rings (SSSR count). The van der Waals surface area contributed by atoms with Crippen LogP contribution in [0.3, 0.4) is 0 Å². The van der Waals surface area contributed by atoms with Crippen LogP contribution < -0.4 is 5.32 Å². The van der Waals surface area contributed by atoms with Crippen molar-refractivity contribution in [3.05, 3.63) is 53.9 Å². The second kappa shape index (κ2) is 7.94. The Morgan fingerprint density at radius 3 is 2.46 bits per heavy atom. The topological polar surface area (TPSA) is 106 Å². The Labute approximate surface area is 153 Å². The van der Waals surface area contributed by atoms with E-state index < -0.39 is 21.3 Å². The number of aliphatic hydroxyl groups excluding tert-OH is 1. The number of amides is 1. The van der Waals surface area contributed by atoms with E-state index in [1.54, 1.807) is 31.2 Å². The molecule has 0 aliphatic heterocycles. The Morgan fingerprint density at radius 1 is 1.27 bits per heavy atom. The lowest BCUT2D eigenvalue weighted by Crippen LogP contribution is -2.28. The van der Waals surface area contributed by atoms with Gasteiger partial charge in [-0.2, -0.15) is 0 Å². The van der Waals surface area contributed by atoms with Crippen molar-refractivity contribution in [2.24, 2.45) is 0 Å². The minimum absolute atomic E-state index is 0.0936. The van der Waals surface area contributed by atoms with E-state index in [0.717, 1.165) is 5.56 Å². The first kappa shape index (κ1) is 20.0. The molecular weight excluding hydrogens is 356 g/mol. The molecule has 1 amide bonds. The highest BCUT2D eigenvalue weighted by molar-refractivity contribution is 7.91. The number of pyridine rings is 1. The molecule has 0 aliphatic carbocycles. The number of anilines is 1. The molecule has 8 heteroatoms. The molecule has 1 heterocycles. The van der Waals surface area contributed by atoms with Gasteiger partial charge in [0, 0.05) is 19.0 Å². The molecule has 2 N–H and O–H groups in total. The first-order valence-electron chi connectivity index (χ1n) is 8.03. The molecule has 0 fully saturated rings. The average molecular weight is 378 g/mol. The minimum atomic E-state index is -3.57. The number of rotatable bonds is 7. The number of sulfone groups is 1. The normalized spacial score (nSPS) is 13.8. The van der Waals surface area contributed by atoms with E-state index in [1.807, 2.05) is 0 Å². The second-order valence-electron chi connectivity index (χ2n) is 5.88. The summed E-state index contributed by atoms with van der Waals surface area (Å²) in [6.07, 6.45) is 1.37. The van der Waals surface area contributed by atoms with Crippen molar-refractivity contribution >= 4 is 21.4 Å². The number of benzene rings is 1. The summed E-state index contributed by atoms with van der Waals surface area (Å²) in [5, 5.41) is 12.1. The van der Waals surface area contributed by atoms with Gasteiger partial charge in [0.1, 0.15) is 11.3 Å². The Bertz CT molecular complexity index is 875. The second-order valence-corrected chi connectivity index (χ2v) is 8.12. The predicted octanol–water partition coefficient (Wildman–Crippen LogP) is 1.98. The van der Waals surface area contributed by atoms with Crippen molar-refractivity contribution in [2.75, 3.05) is 24.8 Å².